The molecule has 1 aliphatic rings. The van der Waals surface area contributed by atoms with Crippen LogP contribution in [0.3, 0.4) is 0 Å². The molecule has 5 nitrogen and oxygen atoms in total. The van der Waals surface area contributed by atoms with Crippen molar-refractivity contribution < 1.29 is 14.9 Å². The molecule has 0 aliphatic heterocycles. The van der Waals surface area contributed by atoms with Gasteiger partial charge < -0.3 is 26.0 Å². The van der Waals surface area contributed by atoms with E-state index >= 15 is 0 Å². The maximum Gasteiger partial charge on any atom is 0.204 e. The number of nitrogens with two attached hydrogens (primary N) is 1. The molecule has 80 valence electrons. The van der Waals surface area contributed by atoms with Gasteiger partial charge in [0.15, 0.2) is 0 Å². The van der Waals surface area contributed by atoms with E-state index in [1.807, 2.05) is 0 Å². The first kappa shape index (κ1) is 11.2. The summed E-state index contributed by atoms with van der Waals surface area (Å²) in [6, 6.07) is -0.612. The Labute approximate surface area is 82.9 Å². The maximum atomic E-state index is 9.74. The van der Waals surface area contributed by atoms with E-state index in [1.165, 1.54) is 13.2 Å². The summed E-state index contributed by atoms with van der Waals surface area (Å²) in [5.41, 5.74) is 6.45. The Bertz CT molecular complexity index is 252. The number of rotatable bonds is 4. The summed E-state index contributed by atoms with van der Waals surface area (Å²) >= 11 is 0. The van der Waals surface area contributed by atoms with Crippen LogP contribution in [0.5, 0.6) is 0 Å². The van der Waals surface area contributed by atoms with Crippen LogP contribution in [0.4, 0.5) is 0 Å². The molecule has 0 radical (unpaired) electrons. The number of nitrogens with one attached hydrogen (secondary N) is 1. The molecule has 0 saturated heterocycles. The molecule has 0 aromatic heterocycles. The van der Waals surface area contributed by atoms with E-state index in [4.69, 9.17) is 15.6 Å². The van der Waals surface area contributed by atoms with E-state index in [-0.39, 0.29) is 6.61 Å². The van der Waals surface area contributed by atoms with Crippen molar-refractivity contribution in [3.8, 4) is 0 Å². The summed E-state index contributed by atoms with van der Waals surface area (Å²) in [6.07, 6.45) is 4.80. The minimum absolute atomic E-state index is 0.0506. The number of hydrogen-bond acceptors (Lipinski definition) is 5. The fraction of sp³-hybridized carbons (Fsp3) is 0.556. The molecule has 0 heterocycles. The number of methoxy groups -OCH3 is 1. The van der Waals surface area contributed by atoms with Crippen molar-refractivity contribution in [2.75, 3.05) is 20.3 Å². The van der Waals surface area contributed by atoms with Crippen LogP contribution in [0, 0.1) is 0 Å². The number of hydrogen-bond donors (Lipinski definition) is 4. The van der Waals surface area contributed by atoms with Crippen molar-refractivity contribution in [1.82, 2.24) is 5.32 Å². The molecule has 0 spiro atoms. The average molecular weight is 200 g/mol. The summed E-state index contributed by atoms with van der Waals surface area (Å²) in [7, 11) is 1.39. The molecule has 1 aliphatic carbocycles. The van der Waals surface area contributed by atoms with Crippen molar-refractivity contribution >= 4 is 0 Å². The number of aliphatic hydroxyl groups is 2. The van der Waals surface area contributed by atoms with Gasteiger partial charge in [-0.15, -0.1) is 0 Å². The van der Waals surface area contributed by atoms with Gasteiger partial charge >= 0.3 is 0 Å². The smallest absolute Gasteiger partial charge is 0.204 e. The predicted molar refractivity (Wildman–Crippen MR) is 52.2 cm³/mol. The van der Waals surface area contributed by atoms with Crippen molar-refractivity contribution in [3.05, 3.63) is 23.9 Å². The van der Waals surface area contributed by atoms with Crippen LogP contribution in [-0.2, 0) is 4.74 Å². The zero-order valence-corrected chi connectivity index (χ0v) is 8.10. The van der Waals surface area contributed by atoms with Crippen molar-refractivity contribution in [3.63, 3.8) is 0 Å². The third kappa shape index (κ3) is 2.33. The van der Waals surface area contributed by atoms with Gasteiger partial charge in [-0.3, -0.25) is 0 Å². The standard InChI is InChI=1S/C9H16N2O3/c1-14-9(13)3-2-7(6-8(9)10)11-4-5-12/h2-3,6,8,11-13H,4-5,10H2,1H3. The van der Waals surface area contributed by atoms with Gasteiger partial charge in [-0.2, -0.15) is 0 Å². The summed E-state index contributed by atoms with van der Waals surface area (Å²) in [4.78, 5) is 0. The summed E-state index contributed by atoms with van der Waals surface area (Å²) in [6.45, 7) is 0.503. The quantitative estimate of drug-likeness (QED) is 0.423. The highest BCUT2D eigenvalue weighted by Crippen LogP contribution is 2.19. The topological polar surface area (TPSA) is 87.7 Å². The van der Waals surface area contributed by atoms with Crippen LogP contribution in [0.2, 0.25) is 0 Å². The summed E-state index contributed by atoms with van der Waals surface area (Å²) in [5, 5.41) is 21.3. The molecule has 14 heavy (non-hydrogen) atoms. The Morgan fingerprint density at radius 2 is 2.43 bits per heavy atom. The Balaban J connectivity index is 2.62. The van der Waals surface area contributed by atoms with E-state index in [0.29, 0.717) is 6.54 Å². The number of aliphatic hydroxyl groups excluding tert-OH is 1. The van der Waals surface area contributed by atoms with Gasteiger partial charge in [0.25, 0.3) is 0 Å². The summed E-state index contributed by atoms with van der Waals surface area (Å²) < 4.78 is 4.87. The highest BCUT2D eigenvalue weighted by Gasteiger charge is 2.32. The molecule has 0 saturated carbocycles. The largest absolute Gasteiger partial charge is 0.395 e. The van der Waals surface area contributed by atoms with E-state index in [0.717, 1.165) is 5.70 Å². The molecule has 0 amide bonds. The second-order valence-electron chi connectivity index (χ2n) is 3.09. The second kappa shape index (κ2) is 4.56. The van der Waals surface area contributed by atoms with Gasteiger partial charge in [0.05, 0.1) is 12.6 Å². The highest BCUT2D eigenvalue weighted by atomic mass is 16.6. The van der Waals surface area contributed by atoms with Gasteiger partial charge in [-0.25, -0.2) is 0 Å². The molecule has 2 atom stereocenters. The molecule has 5 N–H and O–H groups in total. The van der Waals surface area contributed by atoms with Crippen molar-refractivity contribution in [2.45, 2.75) is 11.8 Å². The van der Waals surface area contributed by atoms with Crippen molar-refractivity contribution in [1.29, 1.82) is 0 Å². The van der Waals surface area contributed by atoms with Gasteiger partial charge in [0.1, 0.15) is 0 Å². The maximum absolute atomic E-state index is 9.74. The molecule has 0 aromatic rings. The lowest BCUT2D eigenvalue weighted by molar-refractivity contribution is -0.153. The highest BCUT2D eigenvalue weighted by molar-refractivity contribution is 5.29. The monoisotopic (exact) mass is 200 g/mol. The Morgan fingerprint density at radius 1 is 1.71 bits per heavy atom. The van der Waals surface area contributed by atoms with Crippen LogP contribution in [0.15, 0.2) is 23.9 Å². The molecular weight excluding hydrogens is 184 g/mol. The third-order valence-corrected chi connectivity index (χ3v) is 2.11. The van der Waals surface area contributed by atoms with Gasteiger partial charge in [-0.05, 0) is 18.2 Å². The molecule has 0 aromatic carbocycles. The molecular formula is C9H16N2O3. The van der Waals surface area contributed by atoms with E-state index in [2.05, 4.69) is 5.32 Å². The first-order chi connectivity index (χ1) is 6.62. The minimum atomic E-state index is -1.43. The fourth-order valence-electron chi connectivity index (χ4n) is 1.21. The SMILES string of the molecule is COC1(O)C=CC(NCCO)=CC1N. The summed E-state index contributed by atoms with van der Waals surface area (Å²) in [5.74, 6) is -1.43. The molecule has 5 heteroatoms. The van der Waals surface area contributed by atoms with Crippen LogP contribution in [0.25, 0.3) is 0 Å². The second-order valence-corrected chi connectivity index (χ2v) is 3.09. The lowest BCUT2D eigenvalue weighted by Crippen LogP contribution is -2.48. The predicted octanol–water partition coefficient (Wildman–Crippen LogP) is -1.32. The van der Waals surface area contributed by atoms with E-state index in [9.17, 15) is 5.11 Å². The first-order valence-electron chi connectivity index (χ1n) is 4.41. The van der Waals surface area contributed by atoms with E-state index < -0.39 is 11.8 Å². The molecule has 2 unspecified atom stereocenters. The van der Waals surface area contributed by atoms with E-state index in [1.54, 1.807) is 12.2 Å². The zero-order chi connectivity index (χ0) is 10.6. The van der Waals surface area contributed by atoms with Crippen molar-refractivity contribution in [2.24, 2.45) is 5.73 Å². The van der Waals surface area contributed by atoms with Crippen LogP contribution < -0.4 is 11.1 Å². The Kier molecular flexibility index (Phi) is 3.65. The Morgan fingerprint density at radius 3 is 2.93 bits per heavy atom. The van der Waals surface area contributed by atoms with Crippen LogP contribution in [-0.4, -0.2) is 42.3 Å². The van der Waals surface area contributed by atoms with Gasteiger partial charge in [0, 0.05) is 19.4 Å². The lowest BCUT2D eigenvalue weighted by Gasteiger charge is -2.30. The minimum Gasteiger partial charge on any atom is -0.395 e. The van der Waals surface area contributed by atoms with Crippen LogP contribution >= 0.6 is 0 Å². The zero-order valence-electron chi connectivity index (χ0n) is 8.10. The average Bonchev–Trinajstić information content (AvgIpc) is 2.20. The van der Waals surface area contributed by atoms with Crippen LogP contribution in [0.1, 0.15) is 0 Å². The first-order valence-corrected chi connectivity index (χ1v) is 4.41. The molecule has 0 fully saturated rings. The normalized spacial score (nSPS) is 31.4. The number of allylic oxidation sites excluding steroid dienone is 1. The molecule has 0 bridgehead atoms. The number of ether oxygens (including phenoxy) is 1. The molecule has 1 rings (SSSR count). The Hall–Kier alpha value is -0.880. The van der Waals surface area contributed by atoms with Gasteiger partial charge in [-0.1, -0.05) is 0 Å². The fourth-order valence-corrected chi connectivity index (χ4v) is 1.21. The van der Waals surface area contributed by atoms with Gasteiger partial charge in [0.2, 0.25) is 5.79 Å². The lowest BCUT2D eigenvalue weighted by atomic mass is 10.0. The third-order valence-electron chi connectivity index (χ3n) is 2.11.